The first-order valence-electron chi connectivity index (χ1n) is 9.59. The van der Waals surface area contributed by atoms with Gasteiger partial charge in [0.2, 0.25) is 0 Å². The van der Waals surface area contributed by atoms with Crippen molar-refractivity contribution >= 4 is 5.82 Å². The van der Waals surface area contributed by atoms with E-state index in [9.17, 15) is 10.1 Å². The maximum Gasteiger partial charge on any atom is 0.250 e. The molecule has 0 aliphatic rings. The Morgan fingerprint density at radius 2 is 2.04 bits per heavy atom. The molecule has 3 rings (SSSR count). The average molecular weight is 376 g/mol. The third-order valence-electron chi connectivity index (χ3n) is 4.72. The number of furan rings is 1. The summed E-state index contributed by atoms with van der Waals surface area (Å²) in [5, 5.41) is 9.35. The van der Waals surface area contributed by atoms with Crippen LogP contribution in [0.3, 0.4) is 0 Å². The van der Waals surface area contributed by atoms with Crippen LogP contribution in [0.5, 0.6) is 0 Å². The summed E-state index contributed by atoms with van der Waals surface area (Å²) in [6.07, 6.45) is 9.03. The molecule has 144 valence electrons. The maximum absolute atomic E-state index is 12.3. The van der Waals surface area contributed by atoms with Crippen molar-refractivity contribution in [1.82, 2.24) is 9.55 Å². The summed E-state index contributed by atoms with van der Waals surface area (Å²) in [6, 6.07) is 10.6. The Hall–Kier alpha value is -3.33. The highest BCUT2D eigenvalue weighted by atomic mass is 16.3. The molecule has 0 saturated carbocycles. The normalized spacial score (nSPS) is 10.7. The summed E-state index contributed by atoms with van der Waals surface area (Å²) in [4.78, 5) is 16.7. The van der Waals surface area contributed by atoms with Gasteiger partial charge in [-0.25, -0.2) is 4.98 Å². The maximum atomic E-state index is 12.3. The van der Waals surface area contributed by atoms with Gasteiger partial charge in [-0.2, -0.15) is 5.26 Å². The van der Waals surface area contributed by atoms with Crippen LogP contribution < -0.4 is 11.3 Å². The number of unbranched alkanes of at least 4 members (excludes halogenated alkanes) is 4. The van der Waals surface area contributed by atoms with Crippen molar-refractivity contribution in [1.29, 1.82) is 5.26 Å². The van der Waals surface area contributed by atoms with Gasteiger partial charge >= 0.3 is 0 Å². The van der Waals surface area contributed by atoms with E-state index in [2.05, 4.69) is 18.0 Å². The molecular formula is C22H24N4O2. The summed E-state index contributed by atoms with van der Waals surface area (Å²) >= 11 is 0. The molecule has 6 heteroatoms. The highest BCUT2D eigenvalue weighted by molar-refractivity contribution is 5.81. The Balaban J connectivity index is 1.98. The Morgan fingerprint density at radius 3 is 2.75 bits per heavy atom. The first-order valence-corrected chi connectivity index (χ1v) is 9.59. The molecule has 0 saturated heterocycles. The lowest BCUT2D eigenvalue weighted by atomic mass is 10.0. The smallest absolute Gasteiger partial charge is 0.250 e. The van der Waals surface area contributed by atoms with Crippen molar-refractivity contribution in [3.05, 3.63) is 58.7 Å². The molecular weight excluding hydrogens is 352 g/mol. The van der Waals surface area contributed by atoms with Gasteiger partial charge in [0.15, 0.2) is 5.76 Å². The van der Waals surface area contributed by atoms with Crippen molar-refractivity contribution < 1.29 is 4.42 Å². The van der Waals surface area contributed by atoms with Crippen molar-refractivity contribution in [2.24, 2.45) is 0 Å². The van der Waals surface area contributed by atoms with Gasteiger partial charge in [0, 0.05) is 29.9 Å². The van der Waals surface area contributed by atoms with Gasteiger partial charge in [-0.05, 0) is 30.7 Å². The van der Waals surface area contributed by atoms with Crippen molar-refractivity contribution in [2.75, 3.05) is 5.73 Å². The number of pyridine rings is 2. The molecule has 3 aromatic heterocycles. The number of aryl methyl sites for hydroxylation is 1. The van der Waals surface area contributed by atoms with E-state index in [4.69, 9.17) is 10.2 Å². The largest absolute Gasteiger partial charge is 0.463 e. The van der Waals surface area contributed by atoms with Crippen LogP contribution in [0.25, 0.3) is 22.6 Å². The molecule has 0 atom stereocenters. The van der Waals surface area contributed by atoms with Crippen LogP contribution in [0, 0.1) is 11.3 Å². The molecule has 0 spiro atoms. The number of nitriles is 1. The molecule has 0 unspecified atom stereocenters. The lowest BCUT2D eigenvalue weighted by Crippen LogP contribution is -2.18. The van der Waals surface area contributed by atoms with E-state index in [0.717, 1.165) is 18.4 Å². The minimum atomic E-state index is -0.0392. The second-order valence-corrected chi connectivity index (χ2v) is 6.77. The molecule has 0 fully saturated rings. The zero-order valence-corrected chi connectivity index (χ0v) is 16.0. The molecule has 0 bridgehead atoms. The molecule has 3 heterocycles. The zero-order chi connectivity index (χ0) is 19.9. The van der Waals surface area contributed by atoms with Crippen LogP contribution in [-0.2, 0) is 6.54 Å². The van der Waals surface area contributed by atoms with E-state index in [0.29, 0.717) is 29.1 Å². The Kier molecular flexibility index (Phi) is 6.28. The number of hydrogen-bond donors (Lipinski definition) is 1. The zero-order valence-electron chi connectivity index (χ0n) is 16.0. The second kappa shape index (κ2) is 9.05. The van der Waals surface area contributed by atoms with Gasteiger partial charge in [0.05, 0.1) is 11.8 Å². The number of nitrogens with zero attached hydrogens (tertiary/aromatic N) is 3. The Morgan fingerprint density at radius 1 is 1.21 bits per heavy atom. The monoisotopic (exact) mass is 376 g/mol. The number of rotatable bonds is 8. The van der Waals surface area contributed by atoms with Crippen molar-refractivity contribution in [3.8, 4) is 28.7 Å². The fraction of sp³-hybridized carbons (Fsp3) is 0.318. The number of nitrogen functional groups attached to an aromatic ring is 1. The van der Waals surface area contributed by atoms with Gasteiger partial charge in [0.1, 0.15) is 17.6 Å². The van der Waals surface area contributed by atoms with Crippen LogP contribution in [0.15, 0.2) is 52.0 Å². The topological polar surface area (TPSA) is 97.8 Å². The molecule has 0 amide bonds. The molecule has 0 aliphatic heterocycles. The van der Waals surface area contributed by atoms with Crippen molar-refractivity contribution in [2.45, 2.75) is 45.6 Å². The van der Waals surface area contributed by atoms with Crippen LogP contribution in [0.1, 0.15) is 44.6 Å². The third kappa shape index (κ3) is 4.32. The molecule has 28 heavy (non-hydrogen) atoms. The minimum absolute atomic E-state index is 0.0392. The minimum Gasteiger partial charge on any atom is -0.463 e. The highest BCUT2D eigenvalue weighted by Crippen LogP contribution is 2.32. The summed E-state index contributed by atoms with van der Waals surface area (Å²) in [5.41, 5.74) is 8.22. The summed E-state index contributed by atoms with van der Waals surface area (Å²) in [6.45, 7) is 2.85. The van der Waals surface area contributed by atoms with Gasteiger partial charge in [-0.3, -0.25) is 4.79 Å². The van der Waals surface area contributed by atoms with Crippen LogP contribution in [-0.4, -0.2) is 9.55 Å². The predicted molar refractivity (Wildman–Crippen MR) is 110 cm³/mol. The number of anilines is 1. The van der Waals surface area contributed by atoms with E-state index in [1.165, 1.54) is 19.3 Å². The third-order valence-corrected chi connectivity index (χ3v) is 4.72. The molecule has 0 aromatic carbocycles. The lowest BCUT2D eigenvalue weighted by Gasteiger charge is -2.12. The van der Waals surface area contributed by atoms with E-state index < -0.39 is 0 Å². The van der Waals surface area contributed by atoms with Crippen LogP contribution in [0.2, 0.25) is 0 Å². The molecule has 2 N–H and O–H groups in total. The highest BCUT2D eigenvalue weighted by Gasteiger charge is 2.16. The van der Waals surface area contributed by atoms with Gasteiger partial charge < -0.3 is 14.7 Å². The molecule has 3 aromatic rings. The lowest BCUT2D eigenvalue weighted by molar-refractivity contribution is 0.559. The van der Waals surface area contributed by atoms with E-state index >= 15 is 0 Å². The predicted octanol–water partition coefficient (Wildman–Crippen LogP) is 4.59. The SMILES string of the molecule is CCCCCCCn1cc(-c2cc(C#N)c(N)nc2-c2ccco2)ccc1=O. The van der Waals surface area contributed by atoms with Crippen molar-refractivity contribution in [3.63, 3.8) is 0 Å². The summed E-state index contributed by atoms with van der Waals surface area (Å²) in [5.74, 6) is 0.713. The first kappa shape index (κ1) is 19.4. The standard InChI is InChI=1S/C22H24N4O2/c1-2-3-4-5-6-11-26-15-16(9-10-20(26)27)18-13-17(14-23)22(24)25-21(18)19-8-7-12-28-19/h7-10,12-13,15H,2-6,11H2,1H3,(H2,24,25). The fourth-order valence-corrected chi connectivity index (χ4v) is 3.19. The number of hydrogen-bond acceptors (Lipinski definition) is 5. The number of aromatic nitrogens is 2. The molecule has 0 radical (unpaired) electrons. The Labute approximate surface area is 164 Å². The van der Waals surface area contributed by atoms with E-state index in [1.807, 2.05) is 6.20 Å². The number of nitrogens with two attached hydrogens (primary N) is 1. The quantitative estimate of drug-likeness (QED) is 0.580. The van der Waals surface area contributed by atoms with Crippen LogP contribution >= 0.6 is 0 Å². The second-order valence-electron chi connectivity index (χ2n) is 6.77. The first-order chi connectivity index (χ1) is 13.6. The fourth-order valence-electron chi connectivity index (χ4n) is 3.19. The van der Waals surface area contributed by atoms with Gasteiger partial charge in [0.25, 0.3) is 5.56 Å². The summed E-state index contributed by atoms with van der Waals surface area (Å²) < 4.78 is 7.21. The van der Waals surface area contributed by atoms with Gasteiger partial charge in [-0.15, -0.1) is 0 Å². The van der Waals surface area contributed by atoms with E-state index in [-0.39, 0.29) is 11.4 Å². The average Bonchev–Trinajstić information content (AvgIpc) is 3.23. The Bertz CT molecular complexity index is 1030. The molecule has 6 nitrogen and oxygen atoms in total. The summed E-state index contributed by atoms with van der Waals surface area (Å²) in [7, 11) is 0. The molecule has 0 aliphatic carbocycles. The van der Waals surface area contributed by atoms with Crippen LogP contribution in [0.4, 0.5) is 5.82 Å². The van der Waals surface area contributed by atoms with Gasteiger partial charge in [-0.1, -0.05) is 32.6 Å². The van der Waals surface area contributed by atoms with E-state index in [1.54, 1.807) is 41.2 Å².